The molecule has 0 aliphatic rings. The largest absolute Gasteiger partial charge is 0.487 e. The molecule has 11 heteroatoms. The molecule has 0 saturated heterocycles. The summed E-state index contributed by atoms with van der Waals surface area (Å²) in [6.07, 6.45) is -2.95. The number of hydrogen-bond acceptors (Lipinski definition) is 4. The SMILES string of the molecule is Cc1cnc(Cl)cc1-n1c(C(F)(F)F)cc(OCc2ncc(F)cc2F)cc1=O. The van der Waals surface area contributed by atoms with Crippen molar-refractivity contribution in [2.24, 2.45) is 0 Å². The van der Waals surface area contributed by atoms with Crippen LogP contribution in [0.15, 0.2) is 41.5 Å². The summed E-state index contributed by atoms with van der Waals surface area (Å²) >= 11 is 5.76. The lowest BCUT2D eigenvalue weighted by atomic mass is 10.2. The van der Waals surface area contributed by atoms with Gasteiger partial charge in [-0.25, -0.2) is 13.8 Å². The third-order valence-electron chi connectivity index (χ3n) is 3.84. The van der Waals surface area contributed by atoms with Crippen molar-refractivity contribution in [1.82, 2.24) is 14.5 Å². The molecular formula is C18H11ClF5N3O2. The minimum atomic E-state index is -4.92. The molecule has 0 fully saturated rings. The number of aromatic nitrogens is 3. The van der Waals surface area contributed by atoms with Gasteiger partial charge >= 0.3 is 6.18 Å². The number of hydrogen-bond donors (Lipinski definition) is 0. The van der Waals surface area contributed by atoms with Crippen molar-refractivity contribution in [2.75, 3.05) is 0 Å². The van der Waals surface area contributed by atoms with Crippen LogP contribution < -0.4 is 10.3 Å². The van der Waals surface area contributed by atoms with Crippen LogP contribution in [0.2, 0.25) is 5.15 Å². The highest BCUT2D eigenvalue weighted by molar-refractivity contribution is 6.29. The quantitative estimate of drug-likeness (QED) is 0.452. The predicted molar refractivity (Wildman–Crippen MR) is 93.1 cm³/mol. The summed E-state index contributed by atoms with van der Waals surface area (Å²) in [7, 11) is 0. The molecule has 0 bridgehead atoms. The first kappa shape index (κ1) is 20.7. The van der Waals surface area contributed by atoms with Gasteiger partial charge in [-0.1, -0.05) is 11.6 Å². The molecule has 0 amide bonds. The number of alkyl halides is 3. The van der Waals surface area contributed by atoms with E-state index in [1.165, 1.54) is 13.1 Å². The highest BCUT2D eigenvalue weighted by Crippen LogP contribution is 2.33. The lowest BCUT2D eigenvalue weighted by Gasteiger charge is -2.18. The van der Waals surface area contributed by atoms with E-state index in [0.29, 0.717) is 16.7 Å². The van der Waals surface area contributed by atoms with E-state index in [-0.39, 0.29) is 22.1 Å². The van der Waals surface area contributed by atoms with Crippen molar-refractivity contribution in [3.05, 3.63) is 80.8 Å². The Hall–Kier alpha value is -3.01. The fourth-order valence-electron chi connectivity index (χ4n) is 2.52. The van der Waals surface area contributed by atoms with Crippen LogP contribution in [0.4, 0.5) is 22.0 Å². The van der Waals surface area contributed by atoms with Crippen LogP contribution >= 0.6 is 11.6 Å². The predicted octanol–water partition coefficient (Wildman–Crippen LogP) is 4.47. The highest BCUT2D eigenvalue weighted by Gasteiger charge is 2.36. The van der Waals surface area contributed by atoms with Crippen molar-refractivity contribution < 1.29 is 26.7 Å². The molecule has 0 atom stereocenters. The van der Waals surface area contributed by atoms with Crippen molar-refractivity contribution in [3.8, 4) is 11.4 Å². The Labute approximate surface area is 165 Å². The molecule has 5 nitrogen and oxygen atoms in total. The second-order valence-corrected chi connectivity index (χ2v) is 6.30. The molecule has 0 aliphatic carbocycles. The lowest BCUT2D eigenvalue weighted by molar-refractivity contribution is -0.143. The first-order chi connectivity index (χ1) is 13.6. The van der Waals surface area contributed by atoms with Crippen molar-refractivity contribution >= 4 is 11.6 Å². The standard InChI is InChI=1S/C18H11ClF5N3O2/c1-9-6-26-16(19)5-14(9)27-15(18(22,23)24)3-11(4-17(27)28)29-8-13-12(21)2-10(20)7-25-13/h2-7H,8H2,1H3. The number of nitrogens with zero attached hydrogens (tertiary/aromatic N) is 3. The van der Waals surface area contributed by atoms with Crippen LogP contribution in [0.5, 0.6) is 5.75 Å². The molecule has 152 valence electrons. The van der Waals surface area contributed by atoms with Gasteiger partial charge in [0.25, 0.3) is 5.56 Å². The summed E-state index contributed by atoms with van der Waals surface area (Å²) in [5.41, 5.74) is -2.51. The zero-order chi connectivity index (χ0) is 21.3. The van der Waals surface area contributed by atoms with Crippen LogP contribution in [0.25, 0.3) is 5.69 Å². The second kappa shape index (κ2) is 7.78. The number of aryl methyl sites for hydroxylation is 1. The van der Waals surface area contributed by atoms with Crippen molar-refractivity contribution in [1.29, 1.82) is 0 Å². The first-order valence-electron chi connectivity index (χ1n) is 7.96. The summed E-state index contributed by atoms with van der Waals surface area (Å²) in [6.45, 7) is 0.867. The van der Waals surface area contributed by atoms with Gasteiger partial charge in [0, 0.05) is 24.4 Å². The van der Waals surface area contributed by atoms with Crippen molar-refractivity contribution in [3.63, 3.8) is 0 Å². The Morgan fingerprint density at radius 3 is 2.48 bits per heavy atom. The van der Waals surface area contributed by atoms with Gasteiger partial charge in [-0.3, -0.25) is 14.3 Å². The number of pyridine rings is 3. The Morgan fingerprint density at radius 1 is 1.10 bits per heavy atom. The third kappa shape index (κ3) is 4.53. The van der Waals surface area contributed by atoms with Crippen LogP contribution in [0.3, 0.4) is 0 Å². The smallest absolute Gasteiger partial charge is 0.432 e. The molecule has 29 heavy (non-hydrogen) atoms. The molecule has 0 N–H and O–H groups in total. The summed E-state index contributed by atoms with van der Waals surface area (Å²) < 4.78 is 72.9. The van der Waals surface area contributed by atoms with Gasteiger partial charge in [-0.15, -0.1) is 0 Å². The zero-order valence-corrected chi connectivity index (χ0v) is 15.4. The van der Waals surface area contributed by atoms with Crippen LogP contribution in [0, 0.1) is 18.6 Å². The maximum atomic E-state index is 13.6. The molecule has 0 radical (unpaired) electrons. The van der Waals surface area contributed by atoms with E-state index >= 15 is 0 Å². The summed E-state index contributed by atoms with van der Waals surface area (Å²) in [5.74, 6) is -2.40. The van der Waals surface area contributed by atoms with E-state index in [1.54, 1.807) is 0 Å². The van der Waals surface area contributed by atoms with Crippen LogP contribution in [-0.4, -0.2) is 14.5 Å². The molecule has 3 aromatic rings. The third-order valence-corrected chi connectivity index (χ3v) is 4.04. The van der Waals surface area contributed by atoms with E-state index in [4.69, 9.17) is 16.3 Å². The molecule has 0 spiro atoms. The maximum Gasteiger partial charge on any atom is 0.432 e. The van der Waals surface area contributed by atoms with Gasteiger partial charge in [0.05, 0.1) is 11.9 Å². The summed E-state index contributed by atoms with van der Waals surface area (Å²) in [6, 6.07) is 3.09. The van der Waals surface area contributed by atoms with E-state index in [1.807, 2.05) is 0 Å². The fourth-order valence-corrected chi connectivity index (χ4v) is 2.67. The lowest BCUT2D eigenvalue weighted by Crippen LogP contribution is -2.27. The van der Waals surface area contributed by atoms with Gasteiger partial charge in [0.1, 0.15) is 34.7 Å². The topological polar surface area (TPSA) is 57.0 Å². The van der Waals surface area contributed by atoms with E-state index < -0.39 is 41.4 Å². The Bertz CT molecular complexity index is 1130. The van der Waals surface area contributed by atoms with E-state index in [9.17, 15) is 26.7 Å². The highest BCUT2D eigenvalue weighted by atomic mass is 35.5. The monoisotopic (exact) mass is 431 g/mol. The fraction of sp³-hybridized carbons (Fsp3) is 0.167. The molecule has 0 aliphatic heterocycles. The zero-order valence-electron chi connectivity index (χ0n) is 14.6. The maximum absolute atomic E-state index is 13.6. The molecule has 3 aromatic heterocycles. The normalized spacial score (nSPS) is 11.6. The molecule has 0 saturated carbocycles. The summed E-state index contributed by atoms with van der Waals surface area (Å²) in [5, 5.41) is -0.0937. The Morgan fingerprint density at radius 2 is 1.83 bits per heavy atom. The average molecular weight is 432 g/mol. The number of rotatable bonds is 4. The van der Waals surface area contributed by atoms with Gasteiger partial charge in [0.2, 0.25) is 0 Å². The number of halogens is 6. The van der Waals surface area contributed by atoms with E-state index in [2.05, 4.69) is 9.97 Å². The summed E-state index contributed by atoms with van der Waals surface area (Å²) in [4.78, 5) is 19.7. The van der Waals surface area contributed by atoms with Gasteiger partial charge in [-0.05, 0) is 18.6 Å². The van der Waals surface area contributed by atoms with Crippen LogP contribution in [0.1, 0.15) is 17.0 Å². The Kier molecular flexibility index (Phi) is 5.56. The molecule has 0 aromatic carbocycles. The average Bonchev–Trinajstić information content (AvgIpc) is 2.62. The minimum Gasteiger partial charge on any atom is -0.487 e. The van der Waals surface area contributed by atoms with Crippen molar-refractivity contribution in [2.45, 2.75) is 19.7 Å². The first-order valence-corrected chi connectivity index (χ1v) is 8.33. The molecule has 0 unspecified atom stereocenters. The van der Waals surface area contributed by atoms with Gasteiger partial charge < -0.3 is 4.74 Å². The molecule has 3 rings (SSSR count). The van der Waals surface area contributed by atoms with Gasteiger partial charge in [0.15, 0.2) is 5.82 Å². The minimum absolute atomic E-state index is 0.0937. The van der Waals surface area contributed by atoms with Gasteiger partial charge in [-0.2, -0.15) is 13.2 Å². The second-order valence-electron chi connectivity index (χ2n) is 5.91. The molecule has 3 heterocycles. The Balaban J connectivity index is 2.05. The molecular weight excluding hydrogens is 421 g/mol. The van der Waals surface area contributed by atoms with E-state index in [0.717, 1.165) is 18.3 Å². The van der Waals surface area contributed by atoms with Crippen LogP contribution in [-0.2, 0) is 12.8 Å². The number of ether oxygens (including phenoxy) is 1.